The fourth-order valence-electron chi connectivity index (χ4n) is 4.09. The van der Waals surface area contributed by atoms with Crippen LogP contribution in [0.1, 0.15) is 148 Å². The fraction of sp³-hybridized carbons (Fsp3) is 1.00. The molecule has 0 saturated heterocycles. The molecule has 188 valence electrons. The first-order valence-electron chi connectivity index (χ1n) is 13.3. The van der Waals surface area contributed by atoms with Gasteiger partial charge in [0.25, 0.3) is 0 Å². The maximum atomic E-state index is 10.5. The summed E-state index contributed by atoms with van der Waals surface area (Å²) in [6.45, 7) is 0.169. The van der Waals surface area contributed by atoms with E-state index in [0.29, 0.717) is 0 Å². The van der Waals surface area contributed by atoms with E-state index in [-0.39, 0.29) is 6.61 Å². The van der Waals surface area contributed by atoms with Crippen molar-refractivity contribution in [1.29, 1.82) is 0 Å². The number of rotatable bonds is 26. The van der Waals surface area contributed by atoms with Crippen molar-refractivity contribution < 1.29 is 18.9 Å². The minimum Gasteiger partial charge on any atom is -0.303 e. The fourth-order valence-corrected chi connectivity index (χ4v) is 4.86. The van der Waals surface area contributed by atoms with Crippen molar-refractivity contribution in [2.24, 2.45) is 0 Å². The molecule has 0 atom stereocenters. The topological polar surface area (TPSA) is 66.8 Å². The summed E-state index contributed by atoms with van der Waals surface area (Å²) in [5.74, 6) is 0. The third kappa shape index (κ3) is 30.6. The molecule has 0 fully saturated rings. The summed E-state index contributed by atoms with van der Waals surface area (Å²) in [6.07, 6.45) is 30.8. The lowest BCUT2D eigenvalue weighted by molar-refractivity contribution is 0.193. The Morgan fingerprint density at radius 2 is 0.677 bits per heavy atom. The Hall–Kier alpha value is 0.590. The first-order valence-corrected chi connectivity index (χ1v) is 16.0. The summed E-state index contributed by atoms with van der Waals surface area (Å²) in [7, 11) is -4.27. The predicted molar refractivity (Wildman–Crippen MR) is 138 cm³/mol. The van der Waals surface area contributed by atoms with Gasteiger partial charge in [0, 0.05) is 5.33 Å². The van der Waals surface area contributed by atoms with E-state index < -0.39 is 7.82 Å². The number of alkyl halides is 1. The van der Waals surface area contributed by atoms with Crippen LogP contribution in [0.15, 0.2) is 0 Å². The maximum absolute atomic E-state index is 10.5. The highest BCUT2D eigenvalue weighted by molar-refractivity contribution is 9.09. The molecule has 0 amide bonds. The van der Waals surface area contributed by atoms with Gasteiger partial charge in [-0.05, 0) is 12.8 Å². The van der Waals surface area contributed by atoms with Crippen molar-refractivity contribution in [2.75, 3.05) is 11.9 Å². The average molecular weight is 528 g/mol. The molecular weight excluding hydrogens is 475 g/mol. The standard InChI is InChI=1S/C25H52BrO4P/c26-24-22-20-18-16-14-12-10-8-6-4-2-1-3-5-7-9-11-13-15-17-19-21-23-25-30-31(27,28)29/h1-25H2,(H2,27,28,29). The van der Waals surface area contributed by atoms with Crippen molar-refractivity contribution in [3.8, 4) is 0 Å². The molecule has 0 radical (unpaired) electrons. The van der Waals surface area contributed by atoms with E-state index in [2.05, 4.69) is 20.5 Å². The summed E-state index contributed by atoms with van der Waals surface area (Å²) in [5.41, 5.74) is 0. The molecule has 2 N–H and O–H groups in total. The maximum Gasteiger partial charge on any atom is 0.469 e. The van der Waals surface area contributed by atoms with Gasteiger partial charge in [0.2, 0.25) is 0 Å². The molecule has 0 rings (SSSR count). The number of phosphoric ester groups is 1. The normalized spacial score (nSPS) is 12.0. The summed E-state index contributed by atoms with van der Waals surface area (Å²) >= 11 is 3.50. The van der Waals surface area contributed by atoms with Gasteiger partial charge in [0.15, 0.2) is 0 Å². The molecule has 31 heavy (non-hydrogen) atoms. The number of phosphoric acid groups is 1. The minimum absolute atomic E-state index is 0.169. The van der Waals surface area contributed by atoms with Gasteiger partial charge in [-0.25, -0.2) is 4.57 Å². The Morgan fingerprint density at radius 1 is 0.452 bits per heavy atom. The number of unbranched alkanes of at least 4 members (excludes halogenated alkanes) is 22. The molecule has 0 aromatic carbocycles. The largest absolute Gasteiger partial charge is 0.469 e. The van der Waals surface area contributed by atoms with Crippen LogP contribution < -0.4 is 0 Å². The van der Waals surface area contributed by atoms with Gasteiger partial charge < -0.3 is 9.79 Å². The molecule has 6 heteroatoms. The highest BCUT2D eigenvalue weighted by Gasteiger charge is 2.12. The molecule has 0 aromatic heterocycles. The zero-order valence-electron chi connectivity index (χ0n) is 20.2. The van der Waals surface area contributed by atoms with Crippen LogP contribution in [0, 0.1) is 0 Å². The van der Waals surface area contributed by atoms with Gasteiger partial charge in [0.1, 0.15) is 0 Å². The highest BCUT2D eigenvalue weighted by Crippen LogP contribution is 2.35. The summed E-state index contributed by atoms with van der Waals surface area (Å²) < 4.78 is 15.0. The molecule has 0 unspecified atom stereocenters. The van der Waals surface area contributed by atoms with Crippen molar-refractivity contribution in [1.82, 2.24) is 0 Å². The second kappa shape index (κ2) is 25.2. The third-order valence-electron chi connectivity index (χ3n) is 6.04. The Kier molecular flexibility index (Phi) is 25.7. The molecule has 0 aromatic rings. The lowest BCUT2D eigenvalue weighted by Crippen LogP contribution is -1.92. The average Bonchev–Trinajstić information content (AvgIpc) is 2.73. The number of halogens is 1. The van der Waals surface area contributed by atoms with E-state index in [1.807, 2.05) is 0 Å². The highest BCUT2D eigenvalue weighted by atomic mass is 79.9. The Balaban J connectivity index is 3.03. The Morgan fingerprint density at radius 3 is 0.903 bits per heavy atom. The quantitative estimate of drug-likeness (QED) is 0.0668. The molecule has 0 heterocycles. The van der Waals surface area contributed by atoms with E-state index in [9.17, 15) is 4.57 Å². The van der Waals surface area contributed by atoms with Crippen LogP contribution in [-0.2, 0) is 9.09 Å². The molecule has 0 aliphatic rings. The van der Waals surface area contributed by atoms with Crippen molar-refractivity contribution in [3.05, 3.63) is 0 Å². The smallest absolute Gasteiger partial charge is 0.303 e. The SMILES string of the molecule is O=P(O)(O)OCCCCCCCCCCCCCCCCCCCCCCCCCBr. The number of hydrogen-bond donors (Lipinski definition) is 2. The first kappa shape index (κ1) is 31.6. The van der Waals surface area contributed by atoms with Crippen molar-refractivity contribution in [2.45, 2.75) is 148 Å². The van der Waals surface area contributed by atoms with Crippen LogP contribution in [0.3, 0.4) is 0 Å². The van der Waals surface area contributed by atoms with Crippen LogP contribution in [-0.4, -0.2) is 21.7 Å². The minimum atomic E-state index is -4.27. The molecule has 0 spiro atoms. The van der Waals surface area contributed by atoms with Crippen LogP contribution in [0.5, 0.6) is 0 Å². The van der Waals surface area contributed by atoms with E-state index in [4.69, 9.17) is 9.79 Å². The zero-order valence-corrected chi connectivity index (χ0v) is 22.7. The first-order chi connectivity index (χ1) is 15.1. The Labute approximate surface area is 202 Å². The van der Waals surface area contributed by atoms with Crippen LogP contribution in [0.25, 0.3) is 0 Å². The molecule has 0 aliphatic heterocycles. The monoisotopic (exact) mass is 526 g/mol. The molecule has 4 nitrogen and oxygen atoms in total. The second-order valence-electron chi connectivity index (χ2n) is 9.14. The van der Waals surface area contributed by atoms with Gasteiger partial charge in [-0.1, -0.05) is 151 Å². The molecular formula is C25H52BrO4P. The third-order valence-corrected chi connectivity index (χ3v) is 7.12. The Bertz CT molecular complexity index is 390. The van der Waals surface area contributed by atoms with Gasteiger partial charge >= 0.3 is 7.82 Å². The van der Waals surface area contributed by atoms with E-state index in [0.717, 1.165) is 19.3 Å². The van der Waals surface area contributed by atoms with E-state index in [1.54, 1.807) is 0 Å². The van der Waals surface area contributed by atoms with Crippen molar-refractivity contribution in [3.63, 3.8) is 0 Å². The lowest BCUT2D eigenvalue weighted by Gasteiger charge is -2.05. The van der Waals surface area contributed by atoms with E-state index in [1.165, 1.54) is 134 Å². The zero-order chi connectivity index (χ0) is 22.9. The van der Waals surface area contributed by atoms with Gasteiger partial charge in [-0.15, -0.1) is 0 Å². The predicted octanol–water partition coefficient (Wildman–Crippen LogP) is 9.46. The molecule has 0 saturated carbocycles. The van der Waals surface area contributed by atoms with Gasteiger partial charge in [-0.2, -0.15) is 0 Å². The van der Waals surface area contributed by atoms with Crippen LogP contribution >= 0.6 is 23.8 Å². The summed E-state index contributed by atoms with van der Waals surface area (Å²) in [6, 6.07) is 0. The summed E-state index contributed by atoms with van der Waals surface area (Å²) in [5, 5.41) is 1.17. The lowest BCUT2D eigenvalue weighted by atomic mass is 10.0. The van der Waals surface area contributed by atoms with Crippen molar-refractivity contribution >= 4 is 23.8 Å². The van der Waals surface area contributed by atoms with Gasteiger partial charge in [-0.3, -0.25) is 4.52 Å². The molecule has 0 aliphatic carbocycles. The van der Waals surface area contributed by atoms with Crippen LogP contribution in [0.2, 0.25) is 0 Å². The van der Waals surface area contributed by atoms with Crippen LogP contribution in [0.4, 0.5) is 0 Å². The summed E-state index contributed by atoms with van der Waals surface area (Å²) in [4.78, 5) is 17.2. The van der Waals surface area contributed by atoms with Gasteiger partial charge in [0.05, 0.1) is 6.61 Å². The van der Waals surface area contributed by atoms with E-state index >= 15 is 0 Å². The number of hydrogen-bond acceptors (Lipinski definition) is 2. The second-order valence-corrected chi connectivity index (χ2v) is 11.2. The molecule has 0 bridgehead atoms.